The van der Waals surface area contributed by atoms with E-state index in [2.05, 4.69) is 0 Å². The first-order valence-electron chi connectivity index (χ1n) is 2.66. The van der Waals surface area contributed by atoms with Crippen molar-refractivity contribution in [1.29, 1.82) is 0 Å². The fraction of sp³-hybridized carbons (Fsp3) is 0.750. The smallest absolute Gasteiger partial charge is 0.269 e. The van der Waals surface area contributed by atoms with Gasteiger partial charge >= 0.3 is 0 Å². The number of amides is 1. The third-order valence-corrected chi connectivity index (χ3v) is 3.11. The monoisotopic (exact) mass is 167 g/mol. The van der Waals surface area contributed by atoms with E-state index >= 15 is 0 Å². The van der Waals surface area contributed by atoms with E-state index in [1.165, 1.54) is 4.72 Å². The third-order valence-electron chi connectivity index (χ3n) is 1.33. The van der Waals surface area contributed by atoms with Gasteiger partial charge in [-0.05, 0) is 0 Å². The van der Waals surface area contributed by atoms with Crippen LogP contribution in [0.4, 0.5) is 4.39 Å². The van der Waals surface area contributed by atoms with E-state index in [0.29, 0.717) is 0 Å². The Kier molecular flexibility index (Phi) is 1.43. The predicted molar refractivity (Wildman–Crippen MR) is 31.2 cm³/mol. The molecule has 1 N–H and O–H groups in total. The summed E-state index contributed by atoms with van der Waals surface area (Å²) in [5, 5.41) is -2.17. The number of carbonyl (C=O) groups is 1. The Bertz CT molecular complexity index is 243. The van der Waals surface area contributed by atoms with Gasteiger partial charge in [-0.3, -0.25) is 9.52 Å². The number of hydrogen-bond donors (Lipinski definition) is 1. The minimum atomic E-state index is -4.02. The van der Waals surface area contributed by atoms with Crippen molar-refractivity contribution in [2.45, 2.75) is 17.8 Å². The van der Waals surface area contributed by atoms with Gasteiger partial charge in [-0.1, -0.05) is 0 Å². The standard InChI is InChI=1S/C4H6FNO3S/c5-4(1-2-4)10(8,9)6-3-7/h3H,1-2H2,(H,6,7). The van der Waals surface area contributed by atoms with Crippen molar-refractivity contribution in [3.63, 3.8) is 0 Å². The Morgan fingerprint density at radius 2 is 2.00 bits per heavy atom. The van der Waals surface area contributed by atoms with Crippen LogP contribution in [-0.2, 0) is 14.8 Å². The van der Waals surface area contributed by atoms with Gasteiger partial charge < -0.3 is 0 Å². The largest absolute Gasteiger partial charge is 0.278 e. The number of sulfonamides is 1. The zero-order valence-corrected chi connectivity index (χ0v) is 5.82. The predicted octanol–water partition coefficient (Wildman–Crippen LogP) is -0.478. The zero-order valence-electron chi connectivity index (χ0n) is 5.00. The Labute approximate surface area is 57.5 Å². The number of nitrogens with one attached hydrogen (secondary N) is 1. The normalized spacial score (nSPS) is 21.7. The average Bonchev–Trinajstić information content (AvgIpc) is 2.49. The van der Waals surface area contributed by atoms with Crippen LogP contribution >= 0.6 is 0 Å². The van der Waals surface area contributed by atoms with Crippen LogP contribution in [0.3, 0.4) is 0 Å². The van der Waals surface area contributed by atoms with Gasteiger partial charge in [0.15, 0.2) is 0 Å². The van der Waals surface area contributed by atoms with Gasteiger partial charge in [-0.2, -0.15) is 0 Å². The van der Waals surface area contributed by atoms with E-state index in [1.54, 1.807) is 0 Å². The summed E-state index contributed by atoms with van der Waals surface area (Å²) >= 11 is 0. The average molecular weight is 167 g/mol. The molecule has 0 radical (unpaired) electrons. The molecule has 1 saturated carbocycles. The lowest BCUT2D eigenvalue weighted by Gasteiger charge is -2.03. The molecule has 0 heterocycles. The molecule has 0 bridgehead atoms. The van der Waals surface area contributed by atoms with Crippen LogP contribution in [0.2, 0.25) is 0 Å². The van der Waals surface area contributed by atoms with Gasteiger partial charge in [0.2, 0.25) is 11.4 Å². The van der Waals surface area contributed by atoms with E-state index in [4.69, 9.17) is 0 Å². The summed E-state index contributed by atoms with van der Waals surface area (Å²) in [4.78, 5) is 9.64. The molecule has 1 aliphatic rings. The summed E-state index contributed by atoms with van der Waals surface area (Å²) < 4.78 is 35.3. The lowest BCUT2D eigenvalue weighted by Crippen LogP contribution is -2.31. The highest BCUT2D eigenvalue weighted by Crippen LogP contribution is 2.43. The van der Waals surface area contributed by atoms with E-state index < -0.39 is 15.0 Å². The fourth-order valence-electron chi connectivity index (χ4n) is 0.536. The van der Waals surface area contributed by atoms with Gasteiger partial charge in [-0.15, -0.1) is 0 Å². The second-order valence-corrected chi connectivity index (χ2v) is 4.10. The van der Waals surface area contributed by atoms with Crippen LogP contribution in [0.25, 0.3) is 0 Å². The van der Waals surface area contributed by atoms with Crippen molar-refractivity contribution in [3.8, 4) is 0 Å². The summed E-state index contributed by atoms with van der Waals surface area (Å²) in [7, 11) is -4.02. The highest BCUT2D eigenvalue weighted by atomic mass is 32.2. The SMILES string of the molecule is O=CNS(=O)(=O)C1(F)CC1. The van der Waals surface area contributed by atoms with Gasteiger partial charge in [0.05, 0.1) is 0 Å². The first-order valence-corrected chi connectivity index (χ1v) is 4.15. The van der Waals surface area contributed by atoms with Crippen LogP contribution in [0.1, 0.15) is 12.8 Å². The molecule has 10 heavy (non-hydrogen) atoms. The number of alkyl halides is 1. The number of halogens is 1. The van der Waals surface area contributed by atoms with Crippen molar-refractivity contribution < 1.29 is 17.6 Å². The van der Waals surface area contributed by atoms with Crippen LogP contribution in [-0.4, -0.2) is 19.8 Å². The number of carbonyl (C=O) groups excluding carboxylic acids is 1. The van der Waals surface area contributed by atoms with Crippen molar-refractivity contribution in [2.75, 3.05) is 0 Å². The van der Waals surface area contributed by atoms with E-state index in [0.717, 1.165) is 0 Å². The molecule has 0 unspecified atom stereocenters. The molecule has 0 spiro atoms. The third kappa shape index (κ3) is 0.985. The van der Waals surface area contributed by atoms with Gasteiger partial charge in [0.25, 0.3) is 10.0 Å². The van der Waals surface area contributed by atoms with Crippen LogP contribution < -0.4 is 4.72 Å². The molecular weight excluding hydrogens is 161 g/mol. The Morgan fingerprint density at radius 3 is 2.30 bits per heavy atom. The molecule has 1 rings (SSSR count). The summed E-state index contributed by atoms with van der Waals surface area (Å²) in [6, 6.07) is 0. The Hall–Kier alpha value is -0.650. The maximum atomic E-state index is 12.7. The molecule has 6 heteroatoms. The number of hydrogen-bond acceptors (Lipinski definition) is 3. The first-order chi connectivity index (χ1) is 4.52. The molecule has 1 amide bonds. The molecule has 0 atom stereocenters. The summed E-state index contributed by atoms with van der Waals surface area (Å²) in [6.07, 6.45) is -0.0681. The van der Waals surface area contributed by atoms with Crippen LogP contribution in [0.15, 0.2) is 0 Å². The molecule has 0 aromatic carbocycles. The quantitative estimate of drug-likeness (QED) is 0.577. The van der Waals surface area contributed by atoms with Crippen molar-refractivity contribution in [3.05, 3.63) is 0 Å². The zero-order chi connectivity index (χ0) is 7.83. The van der Waals surface area contributed by atoms with Gasteiger partial charge in [0, 0.05) is 12.8 Å². The minimum absolute atomic E-state index is 0.0177. The molecule has 0 aromatic heterocycles. The van der Waals surface area contributed by atoms with Crippen LogP contribution in [0.5, 0.6) is 0 Å². The Morgan fingerprint density at radius 1 is 1.50 bits per heavy atom. The highest BCUT2D eigenvalue weighted by molar-refractivity contribution is 7.91. The molecule has 4 nitrogen and oxygen atoms in total. The minimum Gasteiger partial charge on any atom is -0.278 e. The molecule has 1 fully saturated rings. The highest BCUT2D eigenvalue weighted by Gasteiger charge is 2.55. The molecule has 0 aliphatic heterocycles. The van der Waals surface area contributed by atoms with Gasteiger partial charge in [-0.25, -0.2) is 12.8 Å². The maximum absolute atomic E-state index is 12.7. The summed E-state index contributed by atoms with van der Waals surface area (Å²) in [5.74, 6) is 0. The molecule has 0 aromatic rings. The van der Waals surface area contributed by atoms with Gasteiger partial charge in [0.1, 0.15) is 0 Å². The molecule has 58 valence electrons. The van der Waals surface area contributed by atoms with Crippen molar-refractivity contribution in [2.24, 2.45) is 0 Å². The summed E-state index contributed by atoms with van der Waals surface area (Å²) in [5.41, 5.74) is 0. The van der Waals surface area contributed by atoms with Crippen LogP contribution in [0, 0.1) is 0 Å². The molecule has 1 aliphatic carbocycles. The lowest BCUT2D eigenvalue weighted by atomic mass is 10.9. The topological polar surface area (TPSA) is 63.2 Å². The Balaban J connectivity index is 2.78. The van der Waals surface area contributed by atoms with Crippen molar-refractivity contribution in [1.82, 2.24) is 4.72 Å². The summed E-state index contributed by atoms with van der Waals surface area (Å²) in [6.45, 7) is 0. The molecular formula is C4H6FNO3S. The van der Waals surface area contributed by atoms with E-state index in [9.17, 15) is 17.6 Å². The first kappa shape index (κ1) is 7.46. The fourth-order valence-corrected chi connectivity index (χ4v) is 1.51. The second-order valence-electron chi connectivity index (χ2n) is 2.12. The lowest BCUT2D eigenvalue weighted by molar-refractivity contribution is -0.108. The van der Waals surface area contributed by atoms with E-state index in [-0.39, 0.29) is 19.3 Å². The van der Waals surface area contributed by atoms with E-state index in [1.807, 2.05) is 0 Å². The molecule has 0 saturated heterocycles. The second kappa shape index (κ2) is 1.91. The maximum Gasteiger partial charge on any atom is 0.269 e. The van der Waals surface area contributed by atoms with Crippen molar-refractivity contribution >= 4 is 16.4 Å². The number of rotatable bonds is 3.